The van der Waals surface area contributed by atoms with Crippen molar-refractivity contribution in [3.8, 4) is 39.6 Å². The number of para-hydroxylation sites is 2. The van der Waals surface area contributed by atoms with Gasteiger partial charge in [-0.25, -0.2) is 9.97 Å². The van der Waals surface area contributed by atoms with Crippen molar-refractivity contribution < 1.29 is 0 Å². The van der Waals surface area contributed by atoms with Crippen LogP contribution >= 0.6 is 11.3 Å². The molecule has 9 aromatic rings. The predicted molar refractivity (Wildman–Crippen MR) is 186 cm³/mol. The fourth-order valence-electron chi connectivity index (χ4n) is 6.44. The fraction of sp³-hybridized carbons (Fsp3) is 0. The molecule has 0 aliphatic carbocycles. The smallest absolute Gasteiger partial charge is 0.161 e. The highest BCUT2D eigenvalue weighted by atomic mass is 32.1. The molecule has 0 saturated carbocycles. The van der Waals surface area contributed by atoms with E-state index in [4.69, 9.17) is 9.97 Å². The predicted octanol–water partition coefficient (Wildman–Crippen LogP) is 10.9. The zero-order valence-corrected chi connectivity index (χ0v) is 24.5. The summed E-state index contributed by atoms with van der Waals surface area (Å²) in [5.74, 6) is 0.734. The van der Waals surface area contributed by atoms with Crippen molar-refractivity contribution in [1.29, 1.82) is 0 Å². The summed E-state index contributed by atoms with van der Waals surface area (Å²) < 4.78 is 4.87. The van der Waals surface area contributed by atoms with Crippen LogP contribution in [0.5, 0.6) is 0 Å². The summed E-state index contributed by atoms with van der Waals surface area (Å²) in [7, 11) is 0. The van der Waals surface area contributed by atoms with Crippen LogP contribution < -0.4 is 0 Å². The second-order valence-electron chi connectivity index (χ2n) is 11.0. The van der Waals surface area contributed by atoms with Crippen LogP contribution in [0.15, 0.2) is 152 Å². The molecule has 0 saturated heterocycles. The lowest BCUT2D eigenvalue weighted by molar-refractivity contribution is 1.17. The maximum atomic E-state index is 5.27. The first kappa shape index (κ1) is 25.0. The number of hydrogen-bond acceptors (Lipinski definition) is 3. The Hall–Kier alpha value is -5.58. The largest absolute Gasteiger partial charge is 0.309 e. The SMILES string of the molecule is c1ccc(-c2cc(-c3cccc(-n4c5ccccc5c5ccccc54)c3)nc(-c3cccc4sc5ccccc5c34)n2)cc1. The molecule has 0 radical (unpaired) electrons. The summed E-state index contributed by atoms with van der Waals surface area (Å²) in [6.45, 7) is 0. The lowest BCUT2D eigenvalue weighted by Crippen LogP contribution is -1.98. The lowest BCUT2D eigenvalue weighted by Gasteiger charge is -2.13. The Morgan fingerprint density at radius 1 is 0.455 bits per heavy atom. The molecule has 0 amide bonds. The van der Waals surface area contributed by atoms with Gasteiger partial charge < -0.3 is 4.57 Å². The van der Waals surface area contributed by atoms with Crippen molar-refractivity contribution in [2.45, 2.75) is 0 Å². The Morgan fingerprint density at radius 3 is 1.82 bits per heavy atom. The number of hydrogen-bond donors (Lipinski definition) is 0. The molecule has 0 aliphatic rings. The molecule has 0 bridgehead atoms. The van der Waals surface area contributed by atoms with Gasteiger partial charge in [0.2, 0.25) is 0 Å². The second kappa shape index (κ2) is 10.0. The van der Waals surface area contributed by atoms with Crippen LogP contribution in [0.1, 0.15) is 0 Å². The Balaban J connectivity index is 1.28. The number of thiophene rings is 1. The van der Waals surface area contributed by atoms with Gasteiger partial charge in [0.15, 0.2) is 5.82 Å². The molecule has 0 N–H and O–H groups in total. The van der Waals surface area contributed by atoms with E-state index in [1.54, 1.807) is 0 Å². The van der Waals surface area contributed by atoms with Crippen LogP contribution in [-0.2, 0) is 0 Å². The van der Waals surface area contributed by atoms with E-state index in [0.29, 0.717) is 0 Å². The van der Waals surface area contributed by atoms with Crippen LogP contribution in [0.25, 0.3) is 81.6 Å². The van der Waals surface area contributed by atoms with Crippen molar-refractivity contribution in [2.75, 3.05) is 0 Å². The van der Waals surface area contributed by atoms with E-state index in [0.717, 1.165) is 39.6 Å². The molecule has 9 rings (SSSR count). The van der Waals surface area contributed by atoms with Crippen molar-refractivity contribution in [1.82, 2.24) is 14.5 Å². The molecule has 44 heavy (non-hydrogen) atoms. The third-order valence-electron chi connectivity index (χ3n) is 8.42. The highest BCUT2D eigenvalue weighted by molar-refractivity contribution is 7.25. The zero-order chi connectivity index (χ0) is 29.0. The van der Waals surface area contributed by atoms with Crippen LogP contribution in [0.3, 0.4) is 0 Å². The van der Waals surface area contributed by atoms with Gasteiger partial charge in [-0.15, -0.1) is 11.3 Å². The molecular formula is C40H25N3S. The number of benzene rings is 6. The Kier molecular flexibility index (Phi) is 5.68. The molecule has 0 unspecified atom stereocenters. The van der Waals surface area contributed by atoms with Gasteiger partial charge in [0.05, 0.1) is 22.4 Å². The molecule has 4 heteroatoms. The molecule has 3 heterocycles. The third kappa shape index (κ3) is 3.96. The molecular weight excluding hydrogens is 555 g/mol. The normalized spacial score (nSPS) is 11.6. The van der Waals surface area contributed by atoms with E-state index in [9.17, 15) is 0 Å². The van der Waals surface area contributed by atoms with Crippen molar-refractivity contribution in [3.63, 3.8) is 0 Å². The van der Waals surface area contributed by atoms with Crippen LogP contribution in [0.2, 0.25) is 0 Å². The van der Waals surface area contributed by atoms with Gasteiger partial charge in [-0.3, -0.25) is 0 Å². The van der Waals surface area contributed by atoms with Crippen LogP contribution in [0.4, 0.5) is 0 Å². The minimum Gasteiger partial charge on any atom is -0.309 e. The van der Waals surface area contributed by atoms with Gasteiger partial charge in [-0.05, 0) is 42.5 Å². The van der Waals surface area contributed by atoms with E-state index >= 15 is 0 Å². The molecule has 0 spiro atoms. The van der Waals surface area contributed by atoms with E-state index in [1.807, 2.05) is 17.4 Å². The van der Waals surface area contributed by atoms with Crippen LogP contribution in [0, 0.1) is 0 Å². The topological polar surface area (TPSA) is 30.7 Å². The van der Waals surface area contributed by atoms with E-state index in [1.165, 1.54) is 42.0 Å². The Morgan fingerprint density at radius 2 is 1.05 bits per heavy atom. The first-order valence-electron chi connectivity index (χ1n) is 14.8. The highest BCUT2D eigenvalue weighted by Crippen LogP contribution is 2.40. The van der Waals surface area contributed by atoms with Gasteiger partial charge in [0, 0.05) is 53.3 Å². The van der Waals surface area contributed by atoms with Crippen molar-refractivity contribution in [3.05, 3.63) is 152 Å². The quantitative estimate of drug-likeness (QED) is 0.208. The zero-order valence-electron chi connectivity index (χ0n) is 23.7. The number of aromatic nitrogens is 3. The first-order chi connectivity index (χ1) is 21.8. The van der Waals surface area contributed by atoms with Crippen molar-refractivity contribution >= 4 is 53.3 Å². The van der Waals surface area contributed by atoms with Gasteiger partial charge >= 0.3 is 0 Å². The average molecular weight is 580 g/mol. The summed E-state index contributed by atoms with van der Waals surface area (Å²) in [4.78, 5) is 10.4. The molecule has 6 aromatic carbocycles. The van der Waals surface area contributed by atoms with E-state index in [2.05, 4.69) is 150 Å². The number of nitrogens with zero attached hydrogens (tertiary/aromatic N) is 3. The standard InChI is InChI=1S/C40H25N3S/c1-2-12-26(13-3-1)33-25-34(42-40(41-33)32-19-11-23-38-39(32)31-18-6-9-22-37(31)44-38)27-14-10-15-28(24-27)43-35-20-7-4-16-29(35)30-17-5-8-21-36(30)43/h1-25H. The van der Waals surface area contributed by atoms with Gasteiger partial charge in [0.1, 0.15) is 0 Å². The summed E-state index contributed by atoms with van der Waals surface area (Å²) in [5, 5.41) is 4.95. The Labute approximate surface area is 258 Å². The fourth-order valence-corrected chi connectivity index (χ4v) is 7.57. The Bertz CT molecular complexity index is 2450. The summed E-state index contributed by atoms with van der Waals surface area (Å²) in [5.41, 5.74) is 8.46. The number of rotatable bonds is 4. The van der Waals surface area contributed by atoms with Crippen molar-refractivity contribution in [2.24, 2.45) is 0 Å². The first-order valence-corrected chi connectivity index (χ1v) is 15.6. The number of fused-ring (bicyclic) bond motifs is 6. The monoisotopic (exact) mass is 579 g/mol. The molecule has 0 atom stereocenters. The maximum Gasteiger partial charge on any atom is 0.161 e. The molecule has 3 aromatic heterocycles. The molecule has 0 fully saturated rings. The summed E-state index contributed by atoms with van der Waals surface area (Å²) in [6.07, 6.45) is 0. The minimum absolute atomic E-state index is 0.734. The maximum absolute atomic E-state index is 5.27. The van der Waals surface area contributed by atoms with E-state index < -0.39 is 0 Å². The molecule has 3 nitrogen and oxygen atoms in total. The van der Waals surface area contributed by atoms with Crippen LogP contribution in [-0.4, -0.2) is 14.5 Å². The highest BCUT2D eigenvalue weighted by Gasteiger charge is 2.17. The van der Waals surface area contributed by atoms with E-state index in [-0.39, 0.29) is 0 Å². The second-order valence-corrected chi connectivity index (χ2v) is 12.1. The minimum atomic E-state index is 0.734. The van der Waals surface area contributed by atoms with Gasteiger partial charge in [0.25, 0.3) is 0 Å². The van der Waals surface area contributed by atoms with Gasteiger partial charge in [-0.2, -0.15) is 0 Å². The molecule has 206 valence electrons. The molecule has 0 aliphatic heterocycles. The van der Waals surface area contributed by atoms with Gasteiger partial charge in [-0.1, -0.05) is 109 Å². The third-order valence-corrected chi connectivity index (χ3v) is 9.56. The average Bonchev–Trinajstić information content (AvgIpc) is 3.65. The summed E-state index contributed by atoms with van der Waals surface area (Å²) in [6, 6.07) is 53.6. The lowest BCUT2D eigenvalue weighted by atomic mass is 10.0. The summed E-state index contributed by atoms with van der Waals surface area (Å²) >= 11 is 1.82.